The number of hydrogen-bond acceptors (Lipinski definition) is 4. The summed E-state index contributed by atoms with van der Waals surface area (Å²) in [5.41, 5.74) is 0. The molecule has 0 aliphatic carbocycles. The number of aliphatic hydroxyl groups excluding tert-OH is 1. The Hall–Kier alpha value is -1.26. The van der Waals surface area contributed by atoms with Crippen LogP contribution in [0.3, 0.4) is 0 Å². The lowest BCUT2D eigenvalue weighted by Gasteiger charge is -2.23. The monoisotopic (exact) mass is 240 g/mol. The zero-order chi connectivity index (χ0) is 12.5. The first-order valence-electron chi connectivity index (χ1n) is 5.80. The van der Waals surface area contributed by atoms with E-state index in [1.165, 1.54) is 0 Å². The molecule has 0 spiro atoms. The fourth-order valence-corrected chi connectivity index (χ4v) is 1.42. The second kappa shape index (κ2) is 7.92. The van der Waals surface area contributed by atoms with Crippen molar-refractivity contribution in [2.45, 2.75) is 25.6 Å². The van der Waals surface area contributed by atoms with Gasteiger partial charge >= 0.3 is 0 Å². The highest BCUT2D eigenvalue weighted by molar-refractivity contribution is 5.17. The van der Waals surface area contributed by atoms with Crippen LogP contribution in [0.2, 0.25) is 0 Å². The molecule has 96 valence electrons. The summed E-state index contributed by atoms with van der Waals surface area (Å²) in [5.74, 6) is 0.985. The zero-order valence-corrected chi connectivity index (χ0v) is 10.1. The highest BCUT2D eigenvalue weighted by atomic mass is 16.7. The van der Waals surface area contributed by atoms with Crippen molar-refractivity contribution in [3.63, 3.8) is 0 Å². The van der Waals surface area contributed by atoms with E-state index in [4.69, 9.17) is 19.3 Å². The van der Waals surface area contributed by atoms with Gasteiger partial charge in [-0.2, -0.15) is 0 Å². The lowest BCUT2D eigenvalue weighted by atomic mass is 10.2. The molecule has 0 bridgehead atoms. The van der Waals surface area contributed by atoms with E-state index in [-0.39, 0.29) is 19.5 Å². The van der Waals surface area contributed by atoms with Crippen LogP contribution in [0.4, 0.5) is 0 Å². The van der Waals surface area contributed by atoms with Gasteiger partial charge in [-0.25, -0.2) is 0 Å². The van der Waals surface area contributed by atoms with Crippen molar-refractivity contribution in [2.75, 3.05) is 19.8 Å². The molecule has 0 aromatic heterocycles. The van der Waals surface area contributed by atoms with E-state index >= 15 is 0 Å². The first-order valence-corrected chi connectivity index (χ1v) is 5.80. The first-order chi connectivity index (χ1) is 8.22. The van der Waals surface area contributed by atoms with E-state index in [2.05, 4.69) is 13.2 Å². The van der Waals surface area contributed by atoms with E-state index in [0.717, 1.165) is 25.9 Å². The number of allylic oxidation sites excluding steroid dienone is 2. The summed E-state index contributed by atoms with van der Waals surface area (Å²) in [6.45, 7) is 8.38. The Morgan fingerprint density at radius 1 is 1.29 bits per heavy atom. The molecule has 1 aliphatic heterocycles. The van der Waals surface area contributed by atoms with Gasteiger partial charge in [0, 0.05) is 6.42 Å². The molecule has 0 aromatic rings. The summed E-state index contributed by atoms with van der Waals surface area (Å²) in [4.78, 5) is 0. The maximum atomic E-state index is 8.56. The Kier molecular flexibility index (Phi) is 6.43. The largest absolute Gasteiger partial charge is 0.492 e. The predicted octanol–water partition coefficient (Wildman–Crippen LogP) is 2.12. The molecule has 1 N–H and O–H groups in total. The number of ether oxygens (including phenoxy) is 3. The van der Waals surface area contributed by atoms with E-state index in [1.54, 1.807) is 12.2 Å². The number of hydrogen-bond donors (Lipinski definition) is 1. The fraction of sp³-hybridized carbons (Fsp3) is 0.538. The molecular weight excluding hydrogens is 220 g/mol. The third-order valence-electron chi connectivity index (χ3n) is 2.25. The molecule has 17 heavy (non-hydrogen) atoms. The van der Waals surface area contributed by atoms with E-state index in [1.807, 2.05) is 0 Å². The van der Waals surface area contributed by atoms with Crippen molar-refractivity contribution in [3.05, 3.63) is 36.8 Å². The summed E-state index contributed by atoms with van der Waals surface area (Å²) >= 11 is 0. The van der Waals surface area contributed by atoms with Crippen LogP contribution < -0.4 is 0 Å². The summed E-state index contributed by atoms with van der Waals surface area (Å²) in [6, 6.07) is 0. The molecular formula is C13H20O4. The first kappa shape index (κ1) is 13.8. The third-order valence-corrected chi connectivity index (χ3v) is 2.25. The van der Waals surface area contributed by atoms with Gasteiger partial charge in [0.2, 0.25) is 0 Å². The molecule has 0 radical (unpaired) electrons. The minimum atomic E-state index is -0.187. The van der Waals surface area contributed by atoms with Gasteiger partial charge in [0.05, 0.1) is 13.2 Å². The minimum Gasteiger partial charge on any atom is -0.492 e. The van der Waals surface area contributed by atoms with Gasteiger partial charge in [-0.3, -0.25) is 0 Å². The van der Waals surface area contributed by atoms with Gasteiger partial charge in [0.25, 0.3) is 0 Å². The second-order valence-corrected chi connectivity index (χ2v) is 3.75. The molecule has 0 aromatic carbocycles. The molecule has 1 unspecified atom stereocenters. The van der Waals surface area contributed by atoms with Crippen LogP contribution in [0.5, 0.6) is 0 Å². The van der Waals surface area contributed by atoms with Crippen molar-refractivity contribution in [2.24, 2.45) is 0 Å². The van der Waals surface area contributed by atoms with Crippen molar-refractivity contribution in [3.8, 4) is 0 Å². The molecule has 1 rings (SSSR count). The molecule has 0 saturated carbocycles. The molecule has 4 nitrogen and oxygen atoms in total. The van der Waals surface area contributed by atoms with Crippen LogP contribution in [0.1, 0.15) is 19.3 Å². The van der Waals surface area contributed by atoms with Gasteiger partial charge in [-0.05, 0) is 25.0 Å². The normalized spacial score (nSPS) is 20.2. The average Bonchev–Trinajstić information content (AvgIpc) is 2.35. The van der Waals surface area contributed by atoms with E-state index in [0.29, 0.717) is 11.5 Å². The predicted molar refractivity (Wildman–Crippen MR) is 65.1 cm³/mol. The van der Waals surface area contributed by atoms with Crippen LogP contribution in [0.25, 0.3) is 0 Å². The summed E-state index contributed by atoms with van der Waals surface area (Å²) in [6.07, 6.45) is 6.25. The molecule has 1 fully saturated rings. The second-order valence-electron chi connectivity index (χ2n) is 3.75. The van der Waals surface area contributed by atoms with Gasteiger partial charge in [-0.1, -0.05) is 13.2 Å². The zero-order valence-electron chi connectivity index (χ0n) is 10.1. The van der Waals surface area contributed by atoms with Crippen molar-refractivity contribution in [1.29, 1.82) is 0 Å². The van der Waals surface area contributed by atoms with Gasteiger partial charge < -0.3 is 19.3 Å². The Morgan fingerprint density at radius 2 is 2.06 bits per heavy atom. The maximum Gasteiger partial charge on any atom is 0.199 e. The van der Waals surface area contributed by atoms with Gasteiger partial charge in [0.15, 0.2) is 6.29 Å². The molecule has 4 heteroatoms. The smallest absolute Gasteiger partial charge is 0.199 e. The molecule has 1 heterocycles. The van der Waals surface area contributed by atoms with Crippen LogP contribution >= 0.6 is 0 Å². The SMILES string of the molecule is C=C(/C=C\C(=C)OC1CCCCO1)OCCO. The quantitative estimate of drug-likeness (QED) is 0.547. The molecule has 1 saturated heterocycles. The summed E-state index contributed by atoms with van der Waals surface area (Å²) < 4.78 is 16.0. The van der Waals surface area contributed by atoms with Crippen LogP contribution in [-0.2, 0) is 14.2 Å². The standard InChI is InChI=1S/C13H20O4/c1-11(15-10-8-14)6-7-12(2)17-13-5-3-4-9-16-13/h6-7,13-14H,1-5,8-10H2/b7-6-. The average molecular weight is 240 g/mol. The molecule has 1 atom stereocenters. The number of rotatable bonds is 7. The van der Waals surface area contributed by atoms with Crippen LogP contribution in [0, 0.1) is 0 Å². The minimum absolute atomic E-state index is 0.0276. The van der Waals surface area contributed by atoms with E-state index < -0.39 is 0 Å². The summed E-state index contributed by atoms with van der Waals surface area (Å²) in [7, 11) is 0. The Labute approximate surface area is 102 Å². The van der Waals surface area contributed by atoms with Crippen molar-refractivity contribution >= 4 is 0 Å². The number of aliphatic hydroxyl groups is 1. The van der Waals surface area contributed by atoms with E-state index in [9.17, 15) is 0 Å². The Bertz CT molecular complexity index is 277. The van der Waals surface area contributed by atoms with Gasteiger partial charge in [0.1, 0.15) is 18.1 Å². The summed E-state index contributed by atoms with van der Waals surface area (Å²) in [5, 5.41) is 8.56. The Morgan fingerprint density at radius 3 is 2.71 bits per heavy atom. The molecule has 0 amide bonds. The van der Waals surface area contributed by atoms with Gasteiger partial charge in [-0.15, -0.1) is 0 Å². The van der Waals surface area contributed by atoms with Crippen LogP contribution in [-0.4, -0.2) is 31.2 Å². The highest BCUT2D eigenvalue weighted by Crippen LogP contribution is 2.16. The Balaban J connectivity index is 2.23. The maximum absolute atomic E-state index is 8.56. The molecule has 1 aliphatic rings. The van der Waals surface area contributed by atoms with Crippen LogP contribution in [0.15, 0.2) is 36.8 Å². The third kappa shape index (κ3) is 6.14. The van der Waals surface area contributed by atoms with Crippen molar-refractivity contribution in [1.82, 2.24) is 0 Å². The highest BCUT2D eigenvalue weighted by Gasteiger charge is 2.14. The van der Waals surface area contributed by atoms with Crippen molar-refractivity contribution < 1.29 is 19.3 Å². The lowest BCUT2D eigenvalue weighted by molar-refractivity contribution is -0.135. The fourth-order valence-electron chi connectivity index (χ4n) is 1.42. The topological polar surface area (TPSA) is 47.9 Å². The lowest BCUT2D eigenvalue weighted by Crippen LogP contribution is -2.21.